The Morgan fingerprint density at radius 2 is 2.25 bits per heavy atom. The van der Waals surface area contributed by atoms with Crippen LogP contribution >= 0.6 is 0 Å². The van der Waals surface area contributed by atoms with Crippen molar-refractivity contribution in [2.24, 2.45) is 0 Å². The normalized spacial score (nSPS) is 10.6. The highest BCUT2D eigenvalue weighted by Gasteiger charge is 2.12. The first kappa shape index (κ1) is 14.0. The minimum Gasteiger partial charge on any atom is -0.484 e. The molecule has 1 amide bonds. The number of amides is 1. The van der Waals surface area contributed by atoms with Crippen molar-refractivity contribution >= 4 is 5.91 Å². The molecule has 0 fully saturated rings. The van der Waals surface area contributed by atoms with E-state index in [-0.39, 0.29) is 18.4 Å². The van der Waals surface area contributed by atoms with Gasteiger partial charge in [0.05, 0.1) is 0 Å². The number of likely N-dealkylation sites (N-methyl/N-ethyl adjacent to an activating group) is 1. The fourth-order valence-electron chi connectivity index (χ4n) is 1.53. The van der Waals surface area contributed by atoms with Gasteiger partial charge in [-0.3, -0.25) is 4.79 Å². The van der Waals surface area contributed by atoms with Crippen molar-refractivity contribution in [1.29, 1.82) is 0 Å². The molecule has 0 aliphatic rings. The molecule has 0 unspecified atom stereocenters. The largest absolute Gasteiger partial charge is 0.484 e. The van der Waals surface area contributed by atoms with Gasteiger partial charge in [0.15, 0.2) is 12.4 Å². The Morgan fingerprint density at radius 3 is 2.90 bits per heavy atom. The van der Waals surface area contributed by atoms with Crippen molar-refractivity contribution in [2.45, 2.75) is 19.8 Å². The van der Waals surface area contributed by atoms with Crippen molar-refractivity contribution in [3.05, 3.63) is 30.1 Å². The Labute approximate surface area is 117 Å². The van der Waals surface area contributed by atoms with Gasteiger partial charge in [0.2, 0.25) is 0 Å². The van der Waals surface area contributed by atoms with Crippen LogP contribution in [0.25, 0.3) is 11.5 Å². The van der Waals surface area contributed by atoms with E-state index >= 15 is 0 Å². The molecule has 0 saturated carbocycles. The first-order chi connectivity index (χ1) is 9.60. The van der Waals surface area contributed by atoms with E-state index in [1.807, 2.05) is 26.0 Å². The highest BCUT2D eigenvalue weighted by atomic mass is 16.5. The van der Waals surface area contributed by atoms with Crippen molar-refractivity contribution < 1.29 is 14.1 Å². The molecule has 2 rings (SSSR count). The summed E-state index contributed by atoms with van der Waals surface area (Å²) in [5.41, 5.74) is 0.763. The maximum atomic E-state index is 11.1. The molecule has 1 N–H and O–H groups in total. The molecule has 6 nitrogen and oxygen atoms in total. The highest BCUT2D eigenvalue weighted by Crippen LogP contribution is 2.23. The van der Waals surface area contributed by atoms with Crippen molar-refractivity contribution in [1.82, 2.24) is 15.5 Å². The molecule has 1 aromatic carbocycles. The predicted octanol–water partition coefficient (Wildman–Crippen LogP) is 1.98. The van der Waals surface area contributed by atoms with Crippen LogP contribution in [0.1, 0.15) is 25.6 Å². The van der Waals surface area contributed by atoms with Gasteiger partial charge in [-0.1, -0.05) is 25.1 Å². The molecule has 0 radical (unpaired) electrons. The summed E-state index contributed by atoms with van der Waals surface area (Å²) in [4.78, 5) is 15.5. The molecular weight excluding hydrogens is 258 g/mol. The van der Waals surface area contributed by atoms with Gasteiger partial charge in [-0.05, 0) is 18.2 Å². The lowest BCUT2D eigenvalue weighted by Crippen LogP contribution is -2.24. The molecule has 0 saturated heterocycles. The number of carbonyl (C=O) groups excluding carboxylic acids is 1. The average Bonchev–Trinajstić information content (AvgIpc) is 2.95. The lowest BCUT2D eigenvalue weighted by atomic mass is 10.2. The molecule has 1 aromatic heterocycles. The van der Waals surface area contributed by atoms with E-state index in [1.165, 1.54) is 0 Å². The van der Waals surface area contributed by atoms with E-state index < -0.39 is 0 Å². The van der Waals surface area contributed by atoms with E-state index in [0.29, 0.717) is 17.5 Å². The van der Waals surface area contributed by atoms with Crippen LogP contribution in [0.4, 0.5) is 0 Å². The highest BCUT2D eigenvalue weighted by molar-refractivity contribution is 5.77. The SMILES string of the molecule is CNC(=O)COc1cccc(-c2nc(C(C)C)no2)c1. The third-order valence-corrected chi connectivity index (χ3v) is 2.69. The van der Waals surface area contributed by atoms with Crippen LogP contribution in [0, 0.1) is 0 Å². The van der Waals surface area contributed by atoms with Gasteiger partial charge in [0, 0.05) is 18.5 Å². The van der Waals surface area contributed by atoms with Crippen LogP contribution in [-0.2, 0) is 4.79 Å². The molecule has 0 spiro atoms. The topological polar surface area (TPSA) is 77.2 Å². The molecule has 0 bridgehead atoms. The van der Waals surface area contributed by atoms with E-state index in [9.17, 15) is 4.79 Å². The van der Waals surface area contributed by atoms with Crippen LogP contribution in [-0.4, -0.2) is 29.7 Å². The Balaban J connectivity index is 2.14. The van der Waals surface area contributed by atoms with E-state index in [0.717, 1.165) is 5.56 Å². The van der Waals surface area contributed by atoms with Crippen LogP contribution < -0.4 is 10.1 Å². The van der Waals surface area contributed by atoms with E-state index in [2.05, 4.69) is 15.5 Å². The summed E-state index contributed by atoms with van der Waals surface area (Å²) in [6.07, 6.45) is 0. The molecular formula is C14H17N3O3. The lowest BCUT2D eigenvalue weighted by Gasteiger charge is -2.05. The first-order valence-electron chi connectivity index (χ1n) is 6.37. The number of hydrogen-bond donors (Lipinski definition) is 1. The second-order valence-corrected chi connectivity index (χ2v) is 4.60. The monoisotopic (exact) mass is 275 g/mol. The number of aromatic nitrogens is 2. The number of nitrogens with one attached hydrogen (secondary N) is 1. The minimum absolute atomic E-state index is 0.0268. The Bertz CT molecular complexity index is 593. The summed E-state index contributed by atoms with van der Waals surface area (Å²) in [6, 6.07) is 7.20. The number of nitrogens with zero attached hydrogens (tertiary/aromatic N) is 2. The van der Waals surface area contributed by atoms with Gasteiger partial charge < -0.3 is 14.6 Å². The Morgan fingerprint density at radius 1 is 1.45 bits per heavy atom. The van der Waals surface area contributed by atoms with E-state index in [1.54, 1.807) is 19.2 Å². The maximum Gasteiger partial charge on any atom is 0.258 e. The molecule has 1 heterocycles. The molecule has 20 heavy (non-hydrogen) atoms. The predicted molar refractivity (Wildman–Crippen MR) is 73.4 cm³/mol. The molecule has 0 atom stereocenters. The number of hydrogen-bond acceptors (Lipinski definition) is 5. The van der Waals surface area contributed by atoms with E-state index in [4.69, 9.17) is 9.26 Å². The van der Waals surface area contributed by atoms with Crippen LogP contribution in [0.5, 0.6) is 5.75 Å². The number of ether oxygens (including phenoxy) is 1. The zero-order valence-electron chi connectivity index (χ0n) is 11.7. The van der Waals surface area contributed by atoms with Crippen molar-refractivity contribution in [3.63, 3.8) is 0 Å². The third kappa shape index (κ3) is 3.34. The molecule has 106 valence electrons. The van der Waals surface area contributed by atoms with Crippen molar-refractivity contribution in [2.75, 3.05) is 13.7 Å². The fraction of sp³-hybridized carbons (Fsp3) is 0.357. The van der Waals surface area contributed by atoms with Gasteiger partial charge in [0.1, 0.15) is 5.75 Å². The zero-order chi connectivity index (χ0) is 14.5. The van der Waals surface area contributed by atoms with Crippen molar-refractivity contribution in [3.8, 4) is 17.2 Å². The van der Waals surface area contributed by atoms with Crippen LogP contribution in [0.3, 0.4) is 0 Å². The summed E-state index contributed by atoms with van der Waals surface area (Å²) in [6.45, 7) is 3.97. The Hall–Kier alpha value is -2.37. The summed E-state index contributed by atoms with van der Waals surface area (Å²) >= 11 is 0. The number of carbonyl (C=O) groups is 1. The van der Waals surface area contributed by atoms with Gasteiger partial charge in [-0.2, -0.15) is 4.98 Å². The summed E-state index contributed by atoms with van der Waals surface area (Å²) in [5.74, 6) is 1.71. The maximum absolute atomic E-state index is 11.1. The zero-order valence-corrected chi connectivity index (χ0v) is 11.7. The molecule has 2 aromatic rings. The lowest BCUT2D eigenvalue weighted by molar-refractivity contribution is -0.122. The minimum atomic E-state index is -0.185. The number of rotatable bonds is 5. The van der Waals surface area contributed by atoms with Gasteiger partial charge >= 0.3 is 0 Å². The first-order valence-corrected chi connectivity index (χ1v) is 6.37. The summed E-state index contributed by atoms with van der Waals surface area (Å²) in [5, 5.41) is 6.41. The van der Waals surface area contributed by atoms with Gasteiger partial charge in [-0.15, -0.1) is 0 Å². The van der Waals surface area contributed by atoms with Gasteiger partial charge in [0.25, 0.3) is 11.8 Å². The second-order valence-electron chi connectivity index (χ2n) is 4.60. The second kappa shape index (κ2) is 6.18. The van der Waals surface area contributed by atoms with Crippen LogP contribution in [0.2, 0.25) is 0 Å². The van der Waals surface area contributed by atoms with Gasteiger partial charge in [-0.25, -0.2) is 0 Å². The standard InChI is InChI=1S/C14H17N3O3/c1-9(2)13-16-14(20-17-13)10-5-4-6-11(7-10)19-8-12(18)15-3/h4-7,9H,8H2,1-3H3,(H,15,18). The Kier molecular flexibility index (Phi) is 4.34. The molecule has 0 aliphatic carbocycles. The van der Waals surface area contributed by atoms with Crippen LogP contribution in [0.15, 0.2) is 28.8 Å². The quantitative estimate of drug-likeness (QED) is 0.902. The fourth-order valence-corrected chi connectivity index (χ4v) is 1.53. The smallest absolute Gasteiger partial charge is 0.258 e. The molecule has 6 heteroatoms. The average molecular weight is 275 g/mol. The summed E-state index contributed by atoms with van der Waals surface area (Å²) < 4.78 is 10.6. The number of benzene rings is 1. The molecule has 0 aliphatic heterocycles. The summed E-state index contributed by atoms with van der Waals surface area (Å²) in [7, 11) is 1.56. The third-order valence-electron chi connectivity index (χ3n) is 2.69.